The molecule has 5 fully saturated rings. The van der Waals surface area contributed by atoms with Crippen molar-refractivity contribution < 1.29 is 19.5 Å². The normalized spacial score (nSPS) is 34.3. The van der Waals surface area contributed by atoms with Crippen LogP contribution >= 0.6 is 0 Å². The van der Waals surface area contributed by atoms with Gasteiger partial charge in [0, 0.05) is 32.1 Å². The predicted octanol–water partition coefficient (Wildman–Crippen LogP) is 2.21. The number of carboxylic acid groups (broad SMARTS) is 1. The lowest BCUT2D eigenvalue weighted by atomic mass is 9.54. The van der Waals surface area contributed by atoms with Crippen molar-refractivity contribution in [2.75, 3.05) is 19.6 Å². The molecule has 3 amide bonds. The van der Waals surface area contributed by atoms with E-state index in [1.165, 1.54) is 32.1 Å². The SMILES string of the molecule is O=C(O)CCC(=O)N1CCC(CNC(=O)NC2C3CC4CC(C3)CC2C4)CC1. The van der Waals surface area contributed by atoms with Gasteiger partial charge in [0.1, 0.15) is 0 Å². The molecule has 7 heteroatoms. The van der Waals surface area contributed by atoms with E-state index < -0.39 is 5.97 Å². The molecule has 0 aromatic heterocycles. The summed E-state index contributed by atoms with van der Waals surface area (Å²) in [5.74, 6) is 2.56. The van der Waals surface area contributed by atoms with Crippen molar-refractivity contribution in [2.24, 2.45) is 29.6 Å². The molecule has 5 rings (SSSR count). The van der Waals surface area contributed by atoms with Gasteiger partial charge in [0.25, 0.3) is 0 Å². The summed E-state index contributed by atoms with van der Waals surface area (Å²) in [5.41, 5.74) is 0. The molecule has 0 unspecified atom stereocenters. The molecular weight excluding hydrogens is 358 g/mol. The molecule has 5 aliphatic rings. The third-order valence-electron chi connectivity index (χ3n) is 7.60. The number of aliphatic carboxylic acids is 1. The third kappa shape index (κ3) is 4.44. The monoisotopic (exact) mass is 391 g/mol. The summed E-state index contributed by atoms with van der Waals surface area (Å²) in [4.78, 5) is 36.8. The number of amides is 3. The van der Waals surface area contributed by atoms with E-state index in [-0.39, 0.29) is 24.8 Å². The van der Waals surface area contributed by atoms with Crippen LogP contribution in [-0.2, 0) is 9.59 Å². The van der Waals surface area contributed by atoms with Crippen molar-refractivity contribution in [3.05, 3.63) is 0 Å². The minimum atomic E-state index is -0.933. The van der Waals surface area contributed by atoms with Crippen LogP contribution in [0.3, 0.4) is 0 Å². The Balaban J connectivity index is 1.15. The van der Waals surface area contributed by atoms with E-state index >= 15 is 0 Å². The van der Waals surface area contributed by atoms with Crippen molar-refractivity contribution in [3.8, 4) is 0 Å². The Labute approximate surface area is 166 Å². The zero-order valence-corrected chi connectivity index (χ0v) is 16.6. The topological polar surface area (TPSA) is 98.7 Å². The molecule has 1 saturated heterocycles. The summed E-state index contributed by atoms with van der Waals surface area (Å²) in [6, 6.07) is 0.332. The molecule has 0 spiro atoms. The smallest absolute Gasteiger partial charge is 0.315 e. The molecule has 4 aliphatic carbocycles. The lowest BCUT2D eigenvalue weighted by molar-refractivity contribution is -0.141. The van der Waals surface area contributed by atoms with E-state index in [1.807, 2.05) is 0 Å². The second-order valence-corrected chi connectivity index (χ2v) is 9.53. The highest BCUT2D eigenvalue weighted by Crippen LogP contribution is 2.53. The maximum atomic E-state index is 12.5. The number of likely N-dealkylation sites (tertiary alicyclic amines) is 1. The number of nitrogens with zero attached hydrogens (tertiary/aromatic N) is 1. The summed E-state index contributed by atoms with van der Waals surface area (Å²) in [6.07, 6.45) is 8.30. The van der Waals surface area contributed by atoms with Gasteiger partial charge in [-0.2, -0.15) is 0 Å². The van der Waals surface area contributed by atoms with Gasteiger partial charge in [-0.15, -0.1) is 0 Å². The molecule has 4 bridgehead atoms. The van der Waals surface area contributed by atoms with Gasteiger partial charge in [-0.1, -0.05) is 0 Å². The van der Waals surface area contributed by atoms with E-state index in [0.717, 1.165) is 24.7 Å². The number of carboxylic acids is 1. The molecule has 3 N–H and O–H groups in total. The quantitative estimate of drug-likeness (QED) is 0.646. The Morgan fingerprint density at radius 1 is 0.893 bits per heavy atom. The Kier molecular flexibility index (Phi) is 5.78. The van der Waals surface area contributed by atoms with Crippen molar-refractivity contribution in [1.29, 1.82) is 0 Å². The number of piperidine rings is 1. The summed E-state index contributed by atoms with van der Waals surface area (Å²) in [7, 11) is 0. The largest absolute Gasteiger partial charge is 0.481 e. The van der Waals surface area contributed by atoms with Crippen LogP contribution in [0.1, 0.15) is 57.8 Å². The number of nitrogens with one attached hydrogen (secondary N) is 2. The first-order valence-corrected chi connectivity index (χ1v) is 11.0. The summed E-state index contributed by atoms with van der Waals surface area (Å²) >= 11 is 0. The molecular formula is C21H33N3O4. The number of rotatable bonds is 6. The van der Waals surface area contributed by atoms with Crippen molar-refractivity contribution in [2.45, 2.75) is 63.8 Å². The highest BCUT2D eigenvalue weighted by atomic mass is 16.4. The highest BCUT2D eigenvalue weighted by Gasteiger charge is 2.48. The van der Waals surface area contributed by atoms with Gasteiger partial charge in [-0.05, 0) is 74.5 Å². The summed E-state index contributed by atoms with van der Waals surface area (Å²) in [5, 5.41) is 15.0. The van der Waals surface area contributed by atoms with Gasteiger partial charge in [0.05, 0.1) is 6.42 Å². The van der Waals surface area contributed by atoms with Crippen LogP contribution in [0.4, 0.5) is 4.79 Å². The van der Waals surface area contributed by atoms with Gasteiger partial charge in [-0.25, -0.2) is 4.79 Å². The molecule has 0 aromatic rings. The lowest BCUT2D eigenvalue weighted by Gasteiger charge is -2.54. The number of hydrogen-bond acceptors (Lipinski definition) is 3. The number of carbonyl (C=O) groups is 3. The van der Waals surface area contributed by atoms with Crippen LogP contribution in [-0.4, -0.2) is 53.6 Å². The average Bonchev–Trinajstić information content (AvgIpc) is 2.67. The van der Waals surface area contributed by atoms with Crippen molar-refractivity contribution >= 4 is 17.9 Å². The van der Waals surface area contributed by atoms with Gasteiger partial charge in [-0.3, -0.25) is 9.59 Å². The molecule has 0 radical (unpaired) electrons. The zero-order chi connectivity index (χ0) is 19.7. The fraction of sp³-hybridized carbons (Fsp3) is 0.857. The fourth-order valence-electron chi connectivity index (χ4n) is 6.36. The molecule has 1 heterocycles. The standard InChI is InChI=1S/C21H33N3O4/c25-18(1-2-19(26)27)24-5-3-13(4-6-24)12-22-21(28)23-20-16-8-14-7-15(10-16)11-17(20)9-14/h13-17,20H,1-12H2,(H,26,27)(H2,22,23,28). The molecule has 28 heavy (non-hydrogen) atoms. The minimum Gasteiger partial charge on any atom is -0.481 e. The second-order valence-electron chi connectivity index (χ2n) is 9.53. The fourth-order valence-corrected chi connectivity index (χ4v) is 6.36. The number of carbonyl (C=O) groups excluding carboxylic acids is 2. The van der Waals surface area contributed by atoms with E-state index in [0.29, 0.717) is 43.4 Å². The third-order valence-corrected chi connectivity index (χ3v) is 7.60. The van der Waals surface area contributed by atoms with E-state index in [9.17, 15) is 14.4 Å². The van der Waals surface area contributed by atoms with E-state index in [2.05, 4.69) is 10.6 Å². The van der Waals surface area contributed by atoms with Crippen molar-refractivity contribution in [1.82, 2.24) is 15.5 Å². The molecule has 4 saturated carbocycles. The highest BCUT2D eigenvalue weighted by molar-refractivity contribution is 5.80. The van der Waals surface area contributed by atoms with E-state index in [4.69, 9.17) is 5.11 Å². The minimum absolute atomic E-state index is 0.0302. The molecule has 1 aliphatic heterocycles. The van der Waals surface area contributed by atoms with Crippen LogP contribution in [0, 0.1) is 29.6 Å². The molecule has 0 atom stereocenters. The first kappa shape index (κ1) is 19.5. The predicted molar refractivity (Wildman–Crippen MR) is 104 cm³/mol. The Hall–Kier alpha value is -1.79. The zero-order valence-electron chi connectivity index (χ0n) is 16.6. The van der Waals surface area contributed by atoms with Crippen molar-refractivity contribution in [3.63, 3.8) is 0 Å². The lowest BCUT2D eigenvalue weighted by Crippen LogP contribution is -2.57. The van der Waals surface area contributed by atoms with Gasteiger partial charge < -0.3 is 20.6 Å². The summed E-state index contributed by atoms with van der Waals surface area (Å²) < 4.78 is 0. The van der Waals surface area contributed by atoms with Crippen LogP contribution in [0.15, 0.2) is 0 Å². The Bertz CT molecular complexity index is 587. The molecule has 7 nitrogen and oxygen atoms in total. The first-order chi connectivity index (χ1) is 13.5. The van der Waals surface area contributed by atoms with Crippen LogP contribution in [0.25, 0.3) is 0 Å². The maximum Gasteiger partial charge on any atom is 0.315 e. The van der Waals surface area contributed by atoms with Crippen LogP contribution in [0.2, 0.25) is 0 Å². The van der Waals surface area contributed by atoms with Gasteiger partial charge in [0.15, 0.2) is 0 Å². The number of hydrogen-bond donors (Lipinski definition) is 3. The molecule has 0 aromatic carbocycles. The summed E-state index contributed by atoms with van der Waals surface area (Å²) in [6.45, 7) is 1.96. The van der Waals surface area contributed by atoms with Gasteiger partial charge >= 0.3 is 12.0 Å². The molecule has 156 valence electrons. The first-order valence-electron chi connectivity index (χ1n) is 11.0. The van der Waals surface area contributed by atoms with E-state index in [1.54, 1.807) is 4.90 Å². The van der Waals surface area contributed by atoms with Gasteiger partial charge in [0.2, 0.25) is 5.91 Å². The van der Waals surface area contributed by atoms with Crippen LogP contribution in [0.5, 0.6) is 0 Å². The maximum absolute atomic E-state index is 12.5. The Morgan fingerprint density at radius 3 is 2.07 bits per heavy atom. The second kappa shape index (κ2) is 8.29. The average molecular weight is 392 g/mol. The number of urea groups is 1. The Morgan fingerprint density at radius 2 is 1.50 bits per heavy atom. The van der Waals surface area contributed by atoms with Crippen LogP contribution < -0.4 is 10.6 Å².